The molecule has 0 aliphatic carbocycles. The van der Waals surface area contributed by atoms with Crippen molar-refractivity contribution < 1.29 is 1.43 Å². The maximum absolute atomic E-state index is 8.24. The average Bonchev–Trinajstić information content (AvgIpc) is 2.52. The largest absolute Gasteiger partial charge is 0.329 e. The minimum absolute atomic E-state index is 0. The Balaban J connectivity index is 0.00000115. The van der Waals surface area contributed by atoms with Crippen LogP contribution in [0.15, 0.2) is 60.7 Å². The molecule has 3 N–H and O–H groups in total. The van der Waals surface area contributed by atoms with E-state index in [0.29, 0.717) is 12.3 Å². The lowest BCUT2D eigenvalue weighted by Gasteiger charge is -2.16. The molecule has 0 aliphatic heterocycles. The van der Waals surface area contributed by atoms with Gasteiger partial charge in [-0.3, -0.25) is 0 Å². The van der Waals surface area contributed by atoms with Crippen molar-refractivity contribution in [2.75, 3.05) is 6.54 Å². The van der Waals surface area contributed by atoms with Gasteiger partial charge in [-0.1, -0.05) is 74.5 Å². The normalized spacial score (nSPS) is 11.1. The van der Waals surface area contributed by atoms with Crippen molar-refractivity contribution in [3.05, 3.63) is 71.8 Å². The van der Waals surface area contributed by atoms with Crippen molar-refractivity contribution in [2.24, 2.45) is 5.73 Å². The summed E-state index contributed by atoms with van der Waals surface area (Å²) in [6, 6.07) is 19.7. The molecule has 0 bridgehead atoms. The van der Waals surface area contributed by atoms with Gasteiger partial charge in [-0.15, -0.1) is 0 Å². The number of benzene rings is 2. The van der Waals surface area contributed by atoms with Gasteiger partial charge in [0.2, 0.25) is 0 Å². The molecule has 2 heteroatoms. The predicted octanol–water partition coefficient (Wildman–Crippen LogP) is 4.07. The SMILES string of the molecule is CC.N=C(c1ccccc1)C(CN)c1ccccc1.[HH]. The van der Waals surface area contributed by atoms with Crippen molar-refractivity contribution >= 4 is 5.71 Å². The highest BCUT2D eigenvalue weighted by molar-refractivity contribution is 6.03. The van der Waals surface area contributed by atoms with Gasteiger partial charge < -0.3 is 11.1 Å². The van der Waals surface area contributed by atoms with E-state index in [9.17, 15) is 0 Å². The summed E-state index contributed by atoms with van der Waals surface area (Å²) >= 11 is 0. The third kappa shape index (κ3) is 4.04. The summed E-state index contributed by atoms with van der Waals surface area (Å²) in [5.74, 6) is -0.0291. The zero-order valence-electron chi connectivity index (χ0n) is 11.6. The van der Waals surface area contributed by atoms with Crippen LogP contribution < -0.4 is 5.73 Å². The molecule has 2 nitrogen and oxygen atoms in total. The molecular formula is C17H24N2. The van der Waals surface area contributed by atoms with E-state index in [4.69, 9.17) is 11.1 Å². The monoisotopic (exact) mass is 256 g/mol. The van der Waals surface area contributed by atoms with Crippen LogP contribution in [0.5, 0.6) is 0 Å². The smallest absolute Gasteiger partial charge is 0.0473 e. The summed E-state index contributed by atoms with van der Waals surface area (Å²) in [5.41, 5.74) is 8.42. The molecule has 0 spiro atoms. The Labute approximate surface area is 117 Å². The second-order valence-electron chi connectivity index (χ2n) is 3.98. The van der Waals surface area contributed by atoms with E-state index in [-0.39, 0.29) is 7.34 Å². The quantitative estimate of drug-likeness (QED) is 0.796. The van der Waals surface area contributed by atoms with Crippen LogP contribution in [-0.2, 0) is 0 Å². The molecule has 1 atom stereocenters. The highest BCUT2D eigenvalue weighted by Gasteiger charge is 2.16. The van der Waals surface area contributed by atoms with Gasteiger partial charge in [0.1, 0.15) is 0 Å². The van der Waals surface area contributed by atoms with E-state index in [0.717, 1.165) is 11.1 Å². The maximum atomic E-state index is 8.24. The Morgan fingerprint density at radius 2 is 1.47 bits per heavy atom. The van der Waals surface area contributed by atoms with E-state index >= 15 is 0 Å². The second-order valence-corrected chi connectivity index (χ2v) is 3.98. The third-order valence-corrected chi connectivity index (χ3v) is 2.87. The number of hydrogen-bond donors (Lipinski definition) is 2. The van der Waals surface area contributed by atoms with Crippen LogP contribution in [0.2, 0.25) is 0 Å². The van der Waals surface area contributed by atoms with Gasteiger partial charge in [0, 0.05) is 19.6 Å². The van der Waals surface area contributed by atoms with Gasteiger partial charge in [-0.25, -0.2) is 0 Å². The van der Waals surface area contributed by atoms with Crippen LogP contribution in [-0.4, -0.2) is 12.3 Å². The molecule has 2 aromatic rings. The summed E-state index contributed by atoms with van der Waals surface area (Å²) in [5, 5.41) is 8.24. The average molecular weight is 256 g/mol. The molecule has 2 rings (SSSR count). The van der Waals surface area contributed by atoms with E-state index in [1.165, 1.54) is 0 Å². The number of hydrogen-bond acceptors (Lipinski definition) is 2. The van der Waals surface area contributed by atoms with Crippen LogP contribution in [0, 0.1) is 5.41 Å². The molecule has 0 aromatic heterocycles. The number of nitrogens with two attached hydrogens (primary N) is 1. The molecular weight excluding hydrogens is 232 g/mol. The first-order valence-electron chi connectivity index (χ1n) is 6.72. The lowest BCUT2D eigenvalue weighted by Crippen LogP contribution is -2.21. The Hall–Kier alpha value is -1.93. The van der Waals surface area contributed by atoms with Gasteiger partial charge in [0.05, 0.1) is 0 Å². The van der Waals surface area contributed by atoms with Gasteiger partial charge in [0.25, 0.3) is 0 Å². The summed E-state index contributed by atoms with van der Waals surface area (Å²) in [6.45, 7) is 4.46. The molecule has 0 amide bonds. The minimum Gasteiger partial charge on any atom is -0.329 e. The Morgan fingerprint density at radius 1 is 1.00 bits per heavy atom. The maximum Gasteiger partial charge on any atom is 0.0473 e. The molecule has 2 aromatic carbocycles. The zero-order chi connectivity index (χ0) is 14.1. The van der Waals surface area contributed by atoms with Crippen LogP contribution in [0.1, 0.15) is 32.3 Å². The molecule has 102 valence electrons. The summed E-state index contributed by atoms with van der Waals surface area (Å²) in [6.07, 6.45) is 0. The minimum atomic E-state index is -0.0291. The van der Waals surface area contributed by atoms with Crippen molar-refractivity contribution in [3.8, 4) is 0 Å². The standard InChI is InChI=1S/C15H16N2.C2H6.H2/c16-11-14(12-7-3-1-4-8-12)15(17)13-9-5-2-6-10-13;1-2;/h1-10,14,17H,11,16H2;1-2H3;1H. The van der Waals surface area contributed by atoms with Crippen LogP contribution in [0.3, 0.4) is 0 Å². The summed E-state index contributed by atoms with van der Waals surface area (Å²) in [4.78, 5) is 0. The first-order chi connectivity index (χ1) is 9.33. The van der Waals surface area contributed by atoms with Gasteiger partial charge in [0.15, 0.2) is 0 Å². The Morgan fingerprint density at radius 3 is 1.95 bits per heavy atom. The molecule has 0 saturated heterocycles. The lowest BCUT2D eigenvalue weighted by atomic mass is 9.90. The third-order valence-electron chi connectivity index (χ3n) is 2.87. The molecule has 0 saturated carbocycles. The fourth-order valence-electron chi connectivity index (χ4n) is 1.92. The highest BCUT2D eigenvalue weighted by Crippen LogP contribution is 2.19. The molecule has 0 fully saturated rings. The predicted molar refractivity (Wildman–Crippen MR) is 85.0 cm³/mol. The van der Waals surface area contributed by atoms with Crippen molar-refractivity contribution in [3.63, 3.8) is 0 Å². The summed E-state index contributed by atoms with van der Waals surface area (Å²) < 4.78 is 0. The highest BCUT2D eigenvalue weighted by atomic mass is 14.6. The van der Waals surface area contributed by atoms with Gasteiger partial charge in [-0.2, -0.15) is 0 Å². The number of rotatable bonds is 4. The van der Waals surface area contributed by atoms with Crippen molar-refractivity contribution in [1.82, 2.24) is 0 Å². The van der Waals surface area contributed by atoms with Gasteiger partial charge in [-0.05, 0) is 11.1 Å². The Bertz CT molecular complexity index is 483. The van der Waals surface area contributed by atoms with Crippen molar-refractivity contribution in [1.29, 1.82) is 5.41 Å². The van der Waals surface area contributed by atoms with E-state index in [1.807, 2.05) is 74.5 Å². The Kier molecular flexibility index (Phi) is 6.55. The van der Waals surface area contributed by atoms with Gasteiger partial charge >= 0.3 is 0 Å². The lowest BCUT2D eigenvalue weighted by molar-refractivity contribution is 0.883. The molecule has 1 unspecified atom stereocenters. The van der Waals surface area contributed by atoms with Crippen LogP contribution in [0.25, 0.3) is 0 Å². The zero-order valence-corrected chi connectivity index (χ0v) is 11.6. The van der Waals surface area contributed by atoms with Crippen molar-refractivity contribution in [2.45, 2.75) is 19.8 Å². The van der Waals surface area contributed by atoms with Crippen LogP contribution >= 0.6 is 0 Å². The molecule has 0 aliphatic rings. The summed E-state index contributed by atoms with van der Waals surface area (Å²) in [7, 11) is 0. The number of nitrogens with one attached hydrogen (secondary N) is 1. The topological polar surface area (TPSA) is 49.9 Å². The van der Waals surface area contributed by atoms with E-state index in [1.54, 1.807) is 0 Å². The van der Waals surface area contributed by atoms with E-state index < -0.39 is 0 Å². The fourth-order valence-corrected chi connectivity index (χ4v) is 1.92. The molecule has 0 heterocycles. The second kappa shape index (κ2) is 8.22. The first-order valence-corrected chi connectivity index (χ1v) is 6.72. The molecule has 19 heavy (non-hydrogen) atoms. The fraction of sp³-hybridized carbons (Fsp3) is 0.235. The first kappa shape index (κ1) is 15.1. The van der Waals surface area contributed by atoms with E-state index in [2.05, 4.69) is 0 Å². The van der Waals surface area contributed by atoms with Crippen LogP contribution in [0.4, 0.5) is 0 Å². The molecule has 0 radical (unpaired) electrons.